The third kappa shape index (κ3) is 3.27. The second kappa shape index (κ2) is 4.90. The number of alkyl halides is 10. The van der Waals surface area contributed by atoms with Crippen molar-refractivity contribution in [3.05, 3.63) is 0 Å². The molecule has 2 nitrogen and oxygen atoms in total. The number of hydrogen-bond donors (Lipinski definition) is 1. The molecule has 122 valence electrons. The lowest BCUT2D eigenvalue weighted by molar-refractivity contribution is -0.420. The Bertz CT molecular complexity index is 342. The molecule has 0 aliphatic rings. The molecule has 0 fully saturated rings. The van der Waals surface area contributed by atoms with Gasteiger partial charge in [0.15, 0.2) is 0 Å². The van der Waals surface area contributed by atoms with Crippen LogP contribution in [0.1, 0.15) is 13.8 Å². The summed E-state index contributed by atoms with van der Waals surface area (Å²) >= 11 is 0. The van der Waals surface area contributed by atoms with Crippen molar-refractivity contribution in [1.82, 2.24) is 0 Å². The maximum atomic E-state index is 13.0. The minimum Gasteiger partial charge on any atom is -0.350 e. The molecule has 20 heavy (non-hydrogen) atoms. The Morgan fingerprint density at radius 1 is 0.800 bits per heavy atom. The third-order valence-corrected chi connectivity index (χ3v) is 2.23. The maximum Gasteiger partial charge on any atom is 0.454 e. The van der Waals surface area contributed by atoms with Gasteiger partial charge in [-0.25, -0.2) is 4.39 Å². The molecule has 0 aromatic heterocycles. The first-order chi connectivity index (χ1) is 8.38. The highest BCUT2D eigenvalue weighted by Gasteiger charge is 2.74. The fourth-order valence-corrected chi connectivity index (χ4v) is 0.931. The van der Waals surface area contributed by atoms with Crippen LogP contribution in [0.25, 0.3) is 0 Å². The molecule has 0 radical (unpaired) electrons. The lowest BCUT2D eigenvalue weighted by atomic mass is 10.0. The van der Waals surface area contributed by atoms with Crippen LogP contribution in [0.15, 0.2) is 0 Å². The molecule has 0 heterocycles. The van der Waals surface area contributed by atoms with Crippen LogP contribution in [0.2, 0.25) is 0 Å². The molecular weight excluding hydrogens is 318 g/mol. The molecule has 0 saturated heterocycles. The highest BCUT2D eigenvalue weighted by Crippen LogP contribution is 2.47. The monoisotopic (exact) mass is 326 g/mol. The summed E-state index contributed by atoms with van der Waals surface area (Å²) in [6.07, 6.45) is -16.0. The molecule has 0 saturated carbocycles. The summed E-state index contributed by atoms with van der Waals surface area (Å²) in [5.74, 6) is -16.8. The summed E-state index contributed by atoms with van der Waals surface area (Å²) in [5, 5.41) is 8.12. The van der Waals surface area contributed by atoms with Crippen LogP contribution in [-0.4, -0.2) is 41.2 Å². The molecule has 0 aliphatic heterocycles. The van der Waals surface area contributed by atoms with Gasteiger partial charge < -0.3 is 9.84 Å². The minimum atomic E-state index is -6.53. The fraction of sp³-hybridized carbons (Fsp3) is 1.00. The zero-order chi connectivity index (χ0) is 16.8. The third-order valence-electron chi connectivity index (χ3n) is 2.23. The minimum absolute atomic E-state index is 0.153. The molecule has 12 heteroatoms. The number of ether oxygens (including phenoxy) is 1. The Kier molecular flexibility index (Phi) is 4.70. The molecule has 0 aromatic carbocycles. The first-order valence-corrected chi connectivity index (χ1v) is 4.67. The van der Waals surface area contributed by atoms with Crippen LogP contribution >= 0.6 is 0 Å². The van der Waals surface area contributed by atoms with Gasteiger partial charge in [-0.15, -0.1) is 0 Å². The zero-order valence-electron chi connectivity index (χ0n) is 9.71. The molecule has 3 atom stereocenters. The largest absolute Gasteiger partial charge is 0.454 e. The Balaban J connectivity index is 5.36. The number of aliphatic hydroxyl groups is 1. The average molecular weight is 326 g/mol. The van der Waals surface area contributed by atoms with Crippen LogP contribution in [0.3, 0.4) is 0 Å². The van der Waals surface area contributed by atoms with E-state index < -0.39 is 43.0 Å². The lowest BCUT2D eigenvalue weighted by Crippen LogP contribution is -2.62. The van der Waals surface area contributed by atoms with E-state index in [0.29, 0.717) is 0 Å². The smallest absolute Gasteiger partial charge is 0.350 e. The molecule has 0 bridgehead atoms. The number of rotatable bonds is 4. The first-order valence-electron chi connectivity index (χ1n) is 4.67. The predicted octanol–water partition coefficient (Wildman–Crippen LogP) is 3.50. The fourth-order valence-electron chi connectivity index (χ4n) is 0.931. The van der Waals surface area contributed by atoms with E-state index in [1.807, 2.05) is 0 Å². The Morgan fingerprint density at radius 3 is 1.40 bits per heavy atom. The van der Waals surface area contributed by atoms with Crippen molar-refractivity contribution in [3.8, 4) is 0 Å². The molecule has 0 aliphatic carbocycles. The Hall–Kier alpha value is -0.780. The summed E-state index contributed by atoms with van der Waals surface area (Å²) in [4.78, 5) is 0. The number of halogens is 10. The average Bonchev–Trinajstić information content (AvgIpc) is 2.12. The predicted molar refractivity (Wildman–Crippen MR) is 43.2 cm³/mol. The van der Waals surface area contributed by atoms with Gasteiger partial charge in [0.05, 0.1) is 0 Å². The van der Waals surface area contributed by atoms with Gasteiger partial charge >= 0.3 is 30.0 Å². The van der Waals surface area contributed by atoms with Gasteiger partial charge in [-0.2, -0.15) is 39.5 Å². The van der Waals surface area contributed by atoms with E-state index in [2.05, 4.69) is 4.74 Å². The van der Waals surface area contributed by atoms with Crippen molar-refractivity contribution in [2.75, 3.05) is 0 Å². The summed E-state index contributed by atoms with van der Waals surface area (Å²) in [6.45, 7) is -0.551. The van der Waals surface area contributed by atoms with Crippen molar-refractivity contribution in [2.24, 2.45) is 0 Å². The van der Waals surface area contributed by atoms with Crippen molar-refractivity contribution >= 4 is 0 Å². The highest BCUT2D eigenvalue weighted by molar-refractivity contribution is 4.95. The second-order valence-electron chi connectivity index (χ2n) is 3.92. The summed E-state index contributed by atoms with van der Waals surface area (Å²) in [5.41, 5.74) is 0. The van der Waals surface area contributed by atoms with E-state index >= 15 is 0 Å². The van der Waals surface area contributed by atoms with Crippen LogP contribution in [0.5, 0.6) is 0 Å². The van der Waals surface area contributed by atoms with Gasteiger partial charge in [-0.1, -0.05) is 0 Å². The molecule has 0 rings (SSSR count). The van der Waals surface area contributed by atoms with E-state index in [1.165, 1.54) is 0 Å². The molecule has 0 amide bonds. The number of hydrogen-bond acceptors (Lipinski definition) is 2. The lowest BCUT2D eigenvalue weighted by Gasteiger charge is -2.36. The van der Waals surface area contributed by atoms with E-state index in [4.69, 9.17) is 5.11 Å². The Morgan fingerprint density at radius 2 is 1.15 bits per heavy atom. The summed E-state index contributed by atoms with van der Waals surface area (Å²) < 4.78 is 126. The van der Waals surface area contributed by atoms with Gasteiger partial charge in [0, 0.05) is 6.92 Å². The van der Waals surface area contributed by atoms with Crippen LogP contribution in [0, 0.1) is 0 Å². The van der Waals surface area contributed by atoms with E-state index in [1.54, 1.807) is 0 Å². The van der Waals surface area contributed by atoms with E-state index in [0.717, 1.165) is 0 Å². The molecule has 0 aromatic rings. The van der Waals surface area contributed by atoms with Gasteiger partial charge in [0.1, 0.15) is 6.10 Å². The van der Waals surface area contributed by atoms with Gasteiger partial charge in [0.2, 0.25) is 0 Å². The standard InChI is InChI=1S/C8H8F10O2/c1-3(20-4(2,9)7(13,14)15)5(10,11)6(12,19)8(16,17)18/h3,19H,1-2H3. The van der Waals surface area contributed by atoms with Gasteiger partial charge in [0.25, 0.3) is 0 Å². The van der Waals surface area contributed by atoms with Crippen LogP contribution in [-0.2, 0) is 4.74 Å². The molecular formula is C8H8F10O2. The SMILES string of the molecule is CC(OC(C)(F)C(F)(F)F)C(F)(F)C(O)(F)C(F)(F)F. The quantitative estimate of drug-likeness (QED) is 0.802. The van der Waals surface area contributed by atoms with Crippen molar-refractivity contribution < 1.29 is 53.7 Å². The second-order valence-corrected chi connectivity index (χ2v) is 3.92. The molecule has 0 spiro atoms. The topological polar surface area (TPSA) is 29.5 Å². The van der Waals surface area contributed by atoms with Crippen molar-refractivity contribution in [1.29, 1.82) is 0 Å². The van der Waals surface area contributed by atoms with Gasteiger partial charge in [-0.05, 0) is 6.92 Å². The zero-order valence-corrected chi connectivity index (χ0v) is 9.71. The van der Waals surface area contributed by atoms with Crippen LogP contribution < -0.4 is 0 Å². The van der Waals surface area contributed by atoms with E-state index in [9.17, 15) is 43.9 Å². The normalized spacial score (nSPS) is 22.1. The van der Waals surface area contributed by atoms with Crippen molar-refractivity contribution in [2.45, 2.75) is 49.9 Å². The summed E-state index contributed by atoms with van der Waals surface area (Å²) in [7, 11) is 0. The van der Waals surface area contributed by atoms with E-state index in [-0.39, 0.29) is 6.92 Å². The highest BCUT2D eigenvalue weighted by atomic mass is 19.4. The first kappa shape index (κ1) is 19.2. The van der Waals surface area contributed by atoms with Gasteiger partial charge in [-0.3, -0.25) is 0 Å². The Labute approximate surface area is 105 Å². The maximum absolute atomic E-state index is 13.0. The van der Waals surface area contributed by atoms with Crippen molar-refractivity contribution in [3.63, 3.8) is 0 Å². The molecule has 3 unspecified atom stereocenters. The summed E-state index contributed by atoms with van der Waals surface area (Å²) in [6, 6.07) is 0. The molecule has 1 N–H and O–H groups in total. The van der Waals surface area contributed by atoms with Crippen LogP contribution in [0.4, 0.5) is 43.9 Å².